The first-order valence-corrected chi connectivity index (χ1v) is 18.9. The van der Waals surface area contributed by atoms with Crippen molar-refractivity contribution < 1.29 is 0 Å². The summed E-state index contributed by atoms with van der Waals surface area (Å²) in [5.74, 6) is 0.458. The van der Waals surface area contributed by atoms with Crippen LogP contribution < -0.4 is 0 Å². The van der Waals surface area contributed by atoms with E-state index in [1.807, 2.05) is 34.4 Å². The van der Waals surface area contributed by atoms with Gasteiger partial charge in [0, 0.05) is 36.6 Å². The largest absolute Gasteiger partial charge is 0.138 e. The molecule has 2 unspecified atom stereocenters. The van der Waals surface area contributed by atoms with Gasteiger partial charge in [-0.05, 0) is 109 Å². The van der Waals surface area contributed by atoms with Crippen LogP contribution in [0.2, 0.25) is 0 Å². The minimum Gasteiger partial charge on any atom is -0.138 e. The van der Waals surface area contributed by atoms with Gasteiger partial charge in [-0.25, -0.2) is 0 Å². The van der Waals surface area contributed by atoms with Gasteiger partial charge in [-0.2, -0.15) is 0 Å². The minimum absolute atomic E-state index is 0.458. The first-order valence-electron chi connectivity index (χ1n) is 16.4. The van der Waals surface area contributed by atoms with Crippen LogP contribution >= 0.6 is 34.4 Å². The van der Waals surface area contributed by atoms with Gasteiger partial charge in [0.15, 0.2) is 0 Å². The molecular weight excluding hydrogens is 625 g/mol. The lowest BCUT2D eigenvalue weighted by atomic mass is 9.82. The van der Waals surface area contributed by atoms with Crippen molar-refractivity contribution in [3.05, 3.63) is 160 Å². The van der Waals surface area contributed by atoms with Crippen molar-refractivity contribution in [2.75, 3.05) is 0 Å². The molecule has 8 aromatic rings. The van der Waals surface area contributed by atoms with E-state index in [2.05, 4.69) is 133 Å². The minimum atomic E-state index is 0.458. The second kappa shape index (κ2) is 10.0. The number of benzene rings is 6. The smallest absolute Gasteiger partial charge is 0.0538 e. The number of hydrogen-bond donors (Lipinski definition) is 0. The van der Waals surface area contributed by atoms with E-state index in [0.29, 0.717) is 11.2 Å². The molecule has 0 radical (unpaired) electrons. The maximum atomic E-state index is 2.49. The van der Waals surface area contributed by atoms with E-state index in [1.165, 1.54) is 95.0 Å². The summed E-state index contributed by atoms with van der Waals surface area (Å²) in [6.45, 7) is 0. The van der Waals surface area contributed by atoms with Gasteiger partial charge in [0.2, 0.25) is 0 Å². The van der Waals surface area contributed by atoms with E-state index < -0.39 is 0 Å². The fourth-order valence-electron chi connectivity index (χ4n) is 7.95. The molecule has 0 bridgehead atoms. The summed E-state index contributed by atoms with van der Waals surface area (Å²) >= 11 is 6.01. The Morgan fingerprint density at radius 1 is 0.596 bits per heavy atom. The number of hydrogen-bond acceptors (Lipinski definition) is 3. The summed E-state index contributed by atoms with van der Waals surface area (Å²) in [5.41, 5.74) is 8.41. The molecule has 1 aliphatic heterocycles. The highest BCUT2D eigenvalue weighted by atomic mass is 32.2. The Kier molecular flexibility index (Phi) is 5.69. The first kappa shape index (κ1) is 26.6. The Bertz CT molecular complexity index is 2680. The van der Waals surface area contributed by atoms with E-state index in [9.17, 15) is 0 Å². The fourth-order valence-corrected chi connectivity index (χ4v) is 12.1. The fraction of sp³-hybridized carbons (Fsp3) is 0.0909. The van der Waals surface area contributed by atoms with Crippen molar-refractivity contribution in [2.24, 2.45) is 5.92 Å². The lowest BCUT2D eigenvalue weighted by molar-refractivity contribution is 0.773. The zero-order chi connectivity index (χ0) is 30.6. The van der Waals surface area contributed by atoms with E-state index >= 15 is 0 Å². The topological polar surface area (TPSA) is 0 Å². The molecule has 0 amide bonds. The second-order valence-electron chi connectivity index (χ2n) is 13.2. The SMILES string of the molecule is C1=CC2Cc3sc4c(sc5cc6ccccc6cc54)c3C=C2C=C1c1ccc2cc(C3Cc4cc5ccccc5cc4S3)ccc2c1. The predicted octanol–water partition coefficient (Wildman–Crippen LogP) is 13.2. The van der Waals surface area contributed by atoms with Crippen molar-refractivity contribution in [1.29, 1.82) is 0 Å². The third-order valence-corrected chi connectivity index (χ3v) is 14.4. The molecule has 0 saturated heterocycles. The molecule has 2 aliphatic carbocycles. The molecule has 0 nitrogen and oxygen atoms in total. The normalized spacial score (nSPS) is 18.6. The van der Waals surface area contributed by atoms with Crippen molar-refractivity contribution in [2.45, 2.75) is 23.0 Å². The number of thiophene rings is 2. The van der Waals surface area contributed by atoms with Crippen molar-refractivity contribution in [3.63, 3.8) is 0 Å². The molecule has 0 N–H and O–H groups in total. The van der Waals surface area contributed by atoms with Crippen LogP contribution in [0.25, 0.3) is 63.5 Å². The van der Waals surface area contributed by atoms with Gasteiger partial charge < -0.3 is 0 Å². The number of fused-ring (bicyclic) bond motifs is 10. The highest BCUT2D eigenvalue weighted by molar-refractivity contribution is 7.99. The summed E-state index contributed by atoms with van der Waals surface area (Å²) in [5, 5.41) is 9.87. The number of rotatable bonds is 2. The molecule has 11 rings (SSSR count). The predicted molar refractivity (Wildman–Crippen MR) is 207 cm³/mol. The van der Waals surface area contributed by atoms with Crippen LogP contribution in [-0.2, 0) is 12.8 Å². The van der Waals surface area contributed by atoms with Gasteiger partial charge in [-0.1, -0.05) is 97.1 Å². The quantitative estimate of drug-likeness (QED) is 0.179. The lowest BCUT2D eigenvalue weighted by Gasteiger charge is -2.24. The summed E-state index contributed by atoms with van der Waals surface area (Å²) in [7, 11) is 0. The molecule has 3 aliphatic rings. The van der Waals surface area contributed by atoms with Gasteiger partial charge >= 0.3 is 0 Å². The van der Waals surface area contributed by atoms with E-state index in [1.54, 1.807) is 0 Å². The van der Waals surface area contributed by atoms with Gasteiger partial charge in [0.1, 0.15) is 0 Å². The lowest BCUT2D eigenvalue weighted by Crippen LogP contribution is -2.10. The summed E-state index contributed by atoms with van der Waals surface area (Å²) in [6, 6.07) is 41.2. The van der Waals surface area contributed by atoms with Gasteiger partial charge in [-0.15, -0.1) is 34.4 Å². The van der Waals surface area contributed by atoms with E-state index in [0.717, 1.165) is 12.8 Å². The van der Waals surface area contributed by atoms with Gasteiger partial charge in [0.25, 0.3) is 0 Å². The van der Waals surface area contributed by atoms with E-state index in [4.69, 9.17) is 0 Å². The average Bonchev–Trinajstić information content (AvgIpc) is 3.79. The third-order valence-electron chi connectivity index (χ3n) is 10.4. The Balaban J connectivity index is 0.914. The Labute approximate surface area is 285 Å². The second-order valence-corrected chi connectivity index (χ2v) is 16.6. The molecule has 0 saturated carbocycles. The molecule has 0 fully saturated rings. The van der Waals surface area contributed by atoms with Crippen LogP contribution in [0.4, 0.5) is 0 Å². The average molecular weight is 653 g/mol. The molecule has 3 heteroatoms. The van der Waals surface area contributed by atoms with Gasteiger partial charge in [-0.3, -0.25) is 0 Å². The third kappa shape index (κ3) is 4.20. The molecule has 0 spiro atoms. The van der Waals surface area contributed by atoms with E-state index in [-0.39, 0.29) is 0 Å². The van der Waals surface area contributed by atoms with Crippen molar-refractivity contribution in [1.82, 2.24) is 0 Å². The highest BCUT2D eigenvalue weighted by Crippen LogP contribution is 2.50. The molecular formula is C44H28S3. The Hall–Kier alpha value is -4.41. The number of thioether (sulfide) groups is 1. The number of allylic oxidation sites excluding steroid dienone is 5. The summed E-state index contributed by atoms with van der Waals surface area (Å²) in [4.78, 5) is 2.97. The molecule has 47 heavy (non-hydrogen) atoms. The monoisotopic (exact) mass is 652 g/mol. The molecule has 2 aromatic heterocycles. The van der Waals surface area contributed by atoms with Crippen LogP contribution in [-0.4, -0.2) is 0 Å². The van der Waals surface area contributed by atoms with Crippen LogP contribution in [0.3, 0.4) is 0 Å². The Morgan fingerprint density at radius 3 is 2.21 bits per heavy atom. The molecule has 3 heterocycles. The zero-order valence-corrected chi connectivity index (χ0v) is 27.9. The van der Waals surface area contributed by atoms with Gasteiger partial charge in [0.05, 0.1) is 9.40 Å². The Morgan fingerprint density at radius 2 is 1.34 bits per heavy atom. The molecule has 222 valence electrons. The first-order chi connectivity index (χ1) is 23.2. The van der Waals surface area contributed by atoms with Crippen LogP contribution in [0.1, 0.15) is 32.4 Å². The van der Waals surface area contributed by atoms with Crippen LogP contribution in [0.5, 0.6) is 0 Å². The van der Waals surface area contributed by atoms with Crippen LogP contribution in [0, 0.1) is 5.92 Å². The maximum Gasteiger partial charge on any atom is 0.0538 e. The van der Waals surface area contributed by atoms with Crippen LogP contribution in [0.15, 0.2) is 138 Å². The standard InChI is InChI=1S/C44H28S3/c1-3-7-27-21-40-36(18-25(27)5-1)24-39(45-40)34-14-13-30-15-29(9-10-31(30)16-34)32-11-12-33-23-42-38(20-35(33)17-32)44-43(47-42)37-19-26-6-2-4-8-28(26)22-41(37)46-44/h1-22,33,39H,23-24H2. The zero-order valence-electron chi connectivity index (χ0n) is 25.5. The van der Waals surface area contributed by atoms with Crippen molar-refractivity contribution >= 4 is 97.9 Å². The van der Waals surface area contributed by atoms with Crippen molar-refractivity contribution in [3.8, 4) is 0 Å². The molecule has 2 atom stereocenters. The highest BCUT2D eigenvalue weighted by Gasteiger charge is 2.27. The summed E-state index contributed by atoms with van der Waals surface area (Å²) < 4.78 is 4.33. The molecule has 6 aromatic carbocycles. The maximum absolute atomic E-state index is 2.49. The summed E-state index contributed by atoms with van der Waals surface area (Å²) in [6.07, 6.45) is 11.9.